The van der Waals surface area contributed by atoms with Crippen LogP contribution in [0.2, 0.25) is 5.02 Å². The molecule has 1 aromatic rings. The Labute approximate surface area is 96.5 Å². The first-order valence-electron chi connectivity index (χ1n) is 5.60. The third kappa shape index (κ3) is 3.83. The summed E-state index contributed by atoms with van der Waals surface area (Å²) in [6.45, 7) is 4.25. The summed E-state index contributed by atoms with van der Waals surface area (Å²) in [5.41, 5.74) is 0.788. The van der Waals surface area contributed by atoms with Crippen molar-refractivity contribution in [2.24, 2.45) is 0 Å². The highest BCUT2D eigenvalue weighted by molar-refractivity contribution is 6.30. The first-order valence-corrected chi connectivity index (χ1v) is 5.98. The van der Waals surface area contributed by atoms with E-state index in [0.717, 1.165) is 12.0 Å². The highest BCUT2D eigenvalue weighted by Crippen LogP contribution is 2.26. The quantitative estimate of drug-likeness (QED) is 0.611. The van der Waals surface area contributed by atoms with Crippen molar-refractivity contribution in [3.05, 3.63) is 34.6 Å². The van der Waals surface area contributed by atoms with E-state index in [9.17, 15) is 4.39 Å². The summed E-state index contributed by atoms with van der Waals surface area (Å²) in [6.07, 6.45) is 4.64. The largest absolute Gasteiger partial charge is 0.207 e. The molecule has 15 heavy (non-hydrogen) atoms. The van der Waals surface area contributed by atoms with Crippen LogP contribution in [0.25, 0.3) is 0 Å². The van der Waals surface area contributed by atoms with Gasteiger partial charge < -0.3 is 0 Å². The van der Waals surface area contributed by atoms with Crippen LogP contribution in [0.3, 0.4) is 0 Å². The Morgan fingerprint density at radius 2 is 2.07 bits per heavy atom. The molecule has 0 bridgehead atoms. The first-order chi connectivity index (χ1) is 7.15. The van der Waals surface area contributed by atoms with Crippen molar-refractivity contribution in [2.75, 3.05) is 0 Å². The molecule has 0 aliphatic rings. The summed E-state index contributed by atoms with van der Waals surface area (Å²) in [4.78, 5) is 0. The lowest BCUT2D eigenvalue weighted by molar-refractivity contribution is 0.551. The van der Waals surface area contributed by atoms with Crippen molar-refractivity contribution in [3.63, 3.8) is 0 Å². The molecule has 0 amide bonds. The van der Waals surface area contributed by atoms with Crippen LogP contribution in [-0.4, -0.2) is 0 Å². The van der Waals surface area contributed by atoms with Gasteiger partial charge in [-0.05, 0) is 30.0 Å². The number of unbranched alkanes of at least 4 members (excludes halogenated alkanes) is 2. The summed E-state index contributed by atoms with van der Waals surface area (Å²) >= 11 is 5.71. The van der Waals surface area contributed by atoms with E-state index in [-0.39, 0.29) is 11.7 Å². The predicted molar refractivity (Wildman–Crippen MR) is 64.0 cm³/mol. The van der Waals surface area contributed by atoms with Gasteiger partial charge in [-0.15, -0.1) is 0 Å². The van der Waals surface area contributed by atoms with Gasteiger partial charge in [0.05, 0.1) is 0 Å². The fourth-order valence-electron chi connectivity index (χ4n) is 1.76. The molecule has 0 saturated heterocycles. The van der Waals surface area contributed by atoms with E-state index in [4.69, 9.17) is 11.6 Å². The van der Waals surface area contributed by atoms with E-state index in [1.54, 1.807) is 12.1 Å². The van der Waals surface area contributed by atoms with Crippen LogP contribution in [0.15, 0.2) is 18.2 Å². The average Bonchev–Trinajstić information content (AvgIpc) is 2.17. The molecule has 0 fully saturated rings. The lowest BCUT2D eigenvalue weighted by Gasteiger charge is -2.12. The summed E-state index contributed by atoms with van der Waals surface area (Å²) in [7, 11) is 0. The first kappa shape index (κ1) is 12.5. The molecule has 0 aliphatic heterocycles. The molecule has 0 nitrogen and oxygen atoms in total. The van der Waals surface area contributed by atoms with E-state index in [1.165, 1.54) is 25.3 Å². The monoisotopic (exact) mass is 228 g/mol. The zero-order chi connectivity index (χ0) is 11.3. The van der Waals surface area contributed by atoms with Crippen molar-refractivity contribution < 1.29 is 4.39 Å². The van der Waals surface area contributed by atoms with Crippen LogP contribution in [0, 0.1) is 5.82 Å². The van der Waals surface area contributed by atoms with Gasteiger partial charge in [-0.3, -0.25) is 0 Å². The molecule has 0 aliphatic carbocycles. The van der Waals surface area contributed by atoms with Gasteiger partial charge in [-0.2, -0.15) is 0 Å². The molecule has 0 radical (unpaired) electrons. The highest BCUT2D eigenvalue weighted by Gasteiger charge is 2.10. The molecule has 1 aromatic carbocycles. The third-order valence-electron chi connectivity index (χ3n) is 2.73. The number of hydrogen-bond acceptors (Lipinski definition) is 0. The fourth-order valence-corrected chi connectivity index (χ4v) is 1.92. The minimum absolute atomic E-state index is 0.175. The molecule has 84 valence electrons. The van der Waals surface area contributed by atoms with Gasteiger partial charge in [0.25, 0.3) is 0 Å². The Hall–Kier alpha value is -0.560. The smallest absolute Gasteiger partial charge is 0.128 e. The van der Waals surface area contributed by atoms with Crippen molar-refractivity contribution in [1.82, 2.24) is 0 Å². The summed E-state index contributed by atoms with van der Waals surface area (Å²) in [6, 6.07) is 4.96. The lowest BCUT2D eigenvalue weighted by Crippen LogP contribution is -1.97. The minimum atomic E-state index is -0.175. The van der Waals surface area contributed by atoms with Gasteiger partial charge in [-0.25, -0.2) is 4.39 Å². The average molecular weight is 229 g/mol. The zero-order valence-corrected chi connectivity index (χ0v) is 10.1. The molecular formula is C13H18ClF. The van der Waals surface area contributed by atoms with Gasteiger partial charge in [-0.1, -0.05) is 50.8 Å². The molecule has 1 rings (SSSR count). The Kier molecular flexibility index (Phi) is 5.10. The van der Waals surface area contributed by atoms with E-state index in [1.807, 2.05) is 0 Å². The summed E-state index contributed by atoms with van der Waals surface area (Å²) < 4.78 is 13.5. The van der Waals surface area contributed by atoms with Crippen LogP contribution < -0.4 is 0 Å². The molecule has 0 saturated carbocycles. The van der Waals surface area contributed by atoms with Crippen molar-refractivity contribution >= 4 is 11.6 Å². The molecule has 1 atom stereocenters. The standard InChI is InChI=1S/C13H18ClF/c1-3-4-5-6-10(2)12-8-7-11(14)9-13(12)15/h7-10H,3-6H2,1-2H3. The van der Waals surface area contributed by atoms with Crippen LogP contribution in [0.1, 0.15) is 51.0 Å². The van der Waals surface area contributed by atoms with Gasteiger partial charge in [0.15, 0.2) is 0 Å². The van der Waals surface area contributed by atoms with Gasteiger partial charge >= 0.3 is 0 Å². The Balaban J connectivity index is 2.61. The minimum Gasteiger partial charge on any atom is -0.207 e. The maximum Gasteiger partial charge on any atom is 0.128 e. The van der Waals surface area contributed by atoms with Crippen molar-refractivity contribution in [2.45, 2.75) is 45.4 Å². The number of rotatable bonds is 5. The Bertz CT molecular complexity index is 309. The van der Waals surface area contributed by atoms with Gasteiger partial charge in [0, 0.05) is 5.02 Å². The third-order valence-corrected chi connectivity index (χ3v) is 2.97. The second-order valence-electron chi connectivity index (χ2n) is 4.06. The van der Waals surface area contributed by atoms with Crippen LogP contribution in [-0.2, 0) is 0 Å². The summed E-state index contributed by atoms with van der Waals surface area (Å²) in [5.74, 6) is 0.111. The molecule has 0 heterocycles. The van der Waals surface area contributed by atoms with Crippen LogP contribution in [0.4, 0.5) is 4.39 Å². The molecule has 0 aromatic heterocycles. The number of hydrogen-bond donors (Lipinski definition) is 0. The Morgan fingerprint density at radius 1 is 1.33 bits per heavy atom. The SMILES string of the molecule is CCCCCC(C)c1ccc(Cl)cc1F. The van der Waals surface area contributed by atoms with Crippen molar-refractivity contribution in [3.8, 4) is 0 Å². The van der Waals surface area contributed by atoms with Crippen LogP contribution >= 0.6 is 11.6 Å². The highest BCUT2D eigenvalue weighted by atomic mass is 35.5. The lowest BCUT2D eigenvalue weighted by atomic mass is 9.95. The molecule has 2 heteroatoms. The van der Waals surface area contributed by atoms with E-state index in [0.29, 0.717) is 5.02 Å². The number of halogens is 2. The zero-order valence-electron chi connectivity index (χ0n) is 9.39. The van der Waals surface area contributed by atoms with E-state index < -0.39 is 0 Å². The maximum absolute atomic E-state index is 13.5. The number of benzene rings is 1. The van der Waals surface area contributed by atoms with Crippen LogP contribution in [0.5, 0.6) is 0 Å². The molecular weight excluding hydrogens is 211 g/mol. The van der Waals surface area contributed by atoms with Gasteiger partial charge in [0.2, 0.25) is 0 Å². The molecule has 0 spiro atoms. The van der Waals surface area contributed by atoms with E-state index in [2.05, 4.69) is 13.8 Å². The predicted octanol–water partition coefficient (Wildman–Crippen LogP) is 5.16. The van der Waals surface area contributed by atoms with Gasteiger partial charge in [0.1, 0.15) is 5.82 Å². The fraction of sp³-hybridized carbons (Fsp3) is 0.538. The van der Waals surface area contributed by atoms with Crippen molar-refractivity contribution in [1.29, 1.82) is 0 Å². The Morgan fingerprint density at radius 3 is 2.67 bits per heavy atom. The summed E-state index contributed by atoms with van der Waals surface area (Å²) in [5, 5.41) is 0.469. The second kappa shape index (κ2) is 6.12. The maximum atomic E-state index is 13.5. The molecule has 1 unspecified atom stereocenters. The molecule has 0 N–H and O–H groups in total. The topological polar surface area (TPSA) is 0 Å². The normalized spacial score (nSPS) is 12.8. The van der Waals surface area contributed by atoms with E-state index >= 15 is 0 Å². The second-order valence-corrected chi connectivity index (χ2v) is 4.50.